The summed E-state index contributed by atoms with van der Waals surface area (Å²) in [6.07, 6.45) is 17.7. The van der Waals surface area contributed by atoms with Gasteiger partial charge in [0.1, 0.15) is 5.83 Å². The van der Waals surface area contributed by atoms with Crippen molar-refractivity contribution in [2.45, 2.75) is 0 Å². The van der Waals surface area contributed by atoms with Gasteiger partial charge in [0.2, 0.25) is 0 Å². The Morgan fingerprint density at radius 1 is 0.750 bits per heavy atom. The molecule has 2 heteroatoms. The van der Waals surface area contributed by atoms with Gasteiger partial charge >= 0.3 is 0 Å². The Labute approximate surface area is 123 Å². The van der Waals surface area contributed by atoms with Gasteiger partial charge in [0.25, 0.3) is 0 Å². The molecule has 20 heavy (non-hydrogen) atoms. The average molecular weight is 287 g/mol. The fourth-order valence-corrected chi connectivity index (χ4v) is 5.77. The van der Waals surface area contributed by atoms with Crippen molar-refractivity contribution >= 4 is 11.6 Å². The van der Waals surface area contributed by atoms with Gasteiger partial charge in [-0.05, 0) is 35.5 Å². The van der Waals surface area contributed by atoms with Crippen LogP contribution in [0.1, 0.15) is 0 Å². The summed E-state index contributed by atoms with van der Waals surface area (Å²) in [5.41, 5.74) is 0. The molecule has 0 saturated heterocycles. The molecule has 0 N–H and O–H groups in total. The molecule has 0 amide bonds. The van der Waals surface area contributed by atoms with Crippen LogP contribution in [-0.4, -0.2) is 0 Å². The highest BCUT2D eigenvalue weighted by Crippen LogP contribution is 2.72. The lowest BCUT2D eigenvalue weighted by molar-refractivity contribution is -0.181. The second kappa shape index (κ2) is 3.76. The molecule has 8 atom stereocenters. The molecule has 0 heterocycles. The van der Waals surface area contributed by atoms with E-state index in [-0.39, 0.29) is 17.7 Å². The van der Waals surface area contributed by atoms with Crippen molar-refractivity contribution < 1.29 is 4.39 Å². The minimum absolute atomic E-state index is 0.0248. The van der Waals surface area contributed by atoms with E-state index in [1.165, 1.54) is 0 Å². The SMILES string of the molecule is FC1=C(Cl)C2C=CC3C4C5\C=C/C=C\C=C/C5C4C3C12. The summed E-state index contributed by atoms with van der Waals surface area (Å²) in [5.74, 6) is 3.91. The minimum atomic E-state index is -0.0248. The van der Waals surface area contributed by atoms with Crippen LogP contribution in [0.4, 0.5) is 4.39 Å². The van der Waals surface area contributed by atoms with Gasteiger partial charge in [0.05, 0.1) is 5.03 Å². The molecule has 0 radical (unpaired) electrons. The normalized spacial score (nSPS) is 58.3. The van der Waals surface area contributed by atoms with E-state index in [2.05, 4.69) is 48.6 Å². The molecule has 8 unspecified atom stereocenters. The van der Waals surface area contributed by atoms with E-state index in [1.807, 2.05) is 0 Å². The summed E-state index contributed by atoms with van der Waals surface area (Å²) in [7, 11) is 0. The fourth-order valence-electron chi connectivity index (χ4n) is 5.43. The standard InChI is InChI=1S/C18H16ClF/c19-17-12-8-7-11-13-9-5-3-1-2-4-6-10(9)14(13)15(11)16(12)18(17)20/h1-16H/b2-1-,5-3-,6-4-. The molecule has 0 nitrogen and oxygen atoms in total. The molecule has 0 aliphatic heterocycles. The van der Waals surface area contributed by atoms with E-state index in [0.717, 1.165) is 5.92 Å². The van der Waals surface area contributed by atoms with Crippen molar-refractivity contribution in [3.8, 4) is 0 Å². The molecule has 5 aliphatic carbocycles. The van der Waals surface area contributed by atoms with Crippen molar-refractivity contribution in [3.05, 3.63) is 59.5 Å². The summed E-state index contributed by atoms with van der Waals surface area (Å²) < 4.78 is 14.1. The van der Waals surface area contributed by atoms with Crippen LogP contribution in [0, 0.1) is 47.3 Å². The van der Waals surface area contributed by atoms with Gasteiger partial charge in [-0.25, -0.2) is 4.39 Å². The molecular formula is C18H16ClF. The topological polar surface area (TPSA) is 0 Å². The third-order valence-electron chi connectivity index (χ3n) is 6.27. The Bertz CT molecular complexity index is 623. The number of allylic oxidation sites excluding steroid dienone is 10. The Kier molecular flexibility index (Phi) is 2.18. The number of hydrogen-bond acceptors (Lipinski definition) is 0. The van der Waals surface area contributed by atoms with Crippen LogP contribution in [0.15, 0.2) is 59.5 Å². The maximum atomic E-state index is 14.1. The van der Waals surface area contributed by atoms with E-state index in [9.17, 15) is 4.39 Å². The highest BCUT2D eigenvalue weighted by molar-refractivity contribution is 6.31. The highest BCUT2D eigenvalue weighted by atomic mass is 35.5. The molecule has 0 bridgehead atoms. The van der Waals surface area contributed by atoms with Gasteiger partial charge in [-0.1, -0.05) is 60.2 Å². The molecule has 5 aliphatic rings. The molecule has 2 saturated carbocycles. The summed E-state index contributed by atoms with van der Waals surface area (Å²) in [5, 5.41) is 0.458. The van der Waals surface area contributed by atoms with Crippen LogP contribution in [0.2, 0.25) is 0 Å². The largest absolute Gasteiger partial charge is 0.210 e. The summed E-state index contributed by atoms with van der Waals surface area (Å²) in [6.45, 7) is 0. The lowest BCUT2D eigenvalue weighted by atomic mass is 9.33. The van der Waals surface area contributed by atoms with Crippen molar-refractivity contribution in [1.29, 1.82) is 0 Å². The first-order chi connectivity index (χ1) is 9.79. The third kappa shape index (κ3) is 1.16. The predicted octanol–water partition coefficient (Wildman–Crippen LogP) is 4.63. The van der Waals surface area contributed by atoms with Gasteiger partial charge in [-0.3, -0.25) is 0 Å². The monoisotopic (exact) mass is 286 g/mol. The predicted molar refractivity (Wildman–Crippen MR) is 78.5 cm³/mol. The smallest absolute Gasteiger partial charge is 0.119 e. The van der Waals surface area contributed by atoms with Crippen LogP contribution in [-0.2, 0) is 0 Å². The zero-order valence-electron chi connectivity index (χ0n) is 11.0. The zero-order valence-corrected chi connectivity index (χ0v) is 11.7. The average Bonchev–Trinajstić information content (AvgIpc) is 2.43. The molecule has 0 aromatic rings. The van der Waals surface area contributed by atoms with Crippen molar-refractivity contribution in [1.82, 2.24) is 0 Å². The van der Waals surface area contributed by atoms with Crippen LogP contribution >= 0.6 is 11.6 Å². The molecule has 2 fully saturated rings. The summed E-state index contributed by atoms with van der Waals surface area (Å²) in [6, 6.07) is 0. The quantitative estimate of drug-likeness (QED) is 0.570. The van der Waals surface area contributed by atoms with Crippen LogP contribution in [0.5, 0.6) is 0 Å². The Hall–Kier alpha value is -1.08. The van der Waals surface area contributed by atoms with Crippen LogP contribution in [0.25, 0.3) is 0 Å². The lowest BCUT2D eigenvalue weighted by Crippen LogP contribution is -2.67. The molecule has 0 spiro atoms. The number of hydrogen-bond donors (Lipinski definition) is 0. The number of halogens is 2. The van der Waals surface area contributed by atoms with E-state index >= 15 is 0 Å². The van der Waals surface area contributed by atoms with Crippen molar-refractivity contribution in [2.75, 3.05) is 0 Å². The fraction of sp³-hybridized carbons (Fsp3) is 0.444. The highest BCUT2D eigenvalue weighted by Gasteiger charge is 2.68. The molecule has 0 aromatic carbocycles. The Morgan fingerprint density at radius 3 is 2.20 bits per heavy atom. The third-order valence-corrected chi connectivity index (χ3v) is 6.70. The van der Waals surface area contributed by atoms with E-state index in [4.69, 9.17) is 11.6 Å². The molecule has 0 aromatic heterocycles. The van der Waals surface area contributed by atoms with Gasteiger partial charge < -0.3 is 0 Å². The lowest BCUT2D eigenvalue weighted by Gasteiger charge is -2.70. The van der Waals surface area contributed by atoms with Crippen LogP contribution < -0.4 is 0 Å². The first-order valence-electron chi connectivity index (χ1n) is 7.54. The molecule has 5 rings (SSSR count). The number of fused-ring (bicyclic) bond motifs is 9. The zero-order chi connectivity index (χ0) is 13.4. The Balaban J connectivity index is 1.50. The summed E-state index contributed by atoms with van der Waals surface area (Å²) >= 11 is 6.02. The second-order valence-electron chi connectivity index (χ2n) is 6.75. The van der Waals surface area contributed by atoms with Gasteiger partial charge in [0.15, 0.2) is 0 Å². The van der Waals surface area contributed by atoms with Crippen LogP contribution in [0.3, 0.4) is 0 Å². The molecular weight excluding hydrogens is 271 g/mol. The molecule has 102 valence electrons. The second-order valence-corrected chi connectivity index (χ2v) is 7.16. The van der Waals surface area contributed by atoms with Gasteiger partial charge in [0, 0.05) is 11.8 Å². The first-order valence-corrected chi connectivity index (χ1v) is 7.92. The van der Waals surface area contributed by atoms with Gasteiger partial charge in [-0.2, -0.15) is 0 Å². The first kappa shape index (κ1) is 11.6. The number of rotatable bonds is 0. The van der Waals surface area contributed by atoms with Gasteiger partial charge in [-0.15, -0.1) is 0 Å². The minimum Gasteiger partial charge on any atom is -0.210 e. The Morgan fingerprint density at radius 2 is 1.45 bits per heavy atom. The van der Waals surface area contributed by atoms with E-state index in [1.54, 1.807) is 0 Å². The van der Waals surface area contributed by atoms with Crippen molar-refractivity contribution in [2.24, 2.45) is 47.3 Å². The van der Waals surface area contributed by atoms with E-state index in [0.29, 0.717) is 34.6 Å². The summed E-state index contributed by atoms with van der Waals surface area (Å²) in [4.78, 5) is 0. The maximum absolute atomic E-state index is 14.1. The maximum Gasteiger partial charge on any atom is 0.119 e. The van der Waals surface area contributed by atoms with Crippen molar-refractivity contribution in [3.63, 3.8) is 0 Å². The van der Waals surface area contributed by atoms with E-state index < -0.39 is 0 Å².